The van der Waals surface area contributed by atoms with Gasteiger partial charge in [0.05, 0.1) is 0 Å². The molecule has 2 aromatic rings. The van der Waals surface area contributed by atoms with Crippen LogP contribution in [0.1, 0.15) is 40.3 Å². The fraction of sp³-hybridized carbons (Fsp3) is 0.316. The molecule has 0 amide bonds. The number of aryl methyl sites for hydroxylation is 4. The number of hydrogen-bond donors (Lipinski definition) is 1. The van der Waals surface area contributed by atoms with Gasteiger partial charge in [-0.1, -0.05) is 24.3 Å². The van der Waals surface area contributed by atoms with Crippen molar-refractivity contribution in [2.75, 3.05) is 0 Å². The van der Waals surface area contributed by atoms with Gasteiger partial charge in [-0.05, 0) is 67.5 Å². The third-order valence-electron chi connectivity index (χ3n) is 3.73. The van der Waals surface area contributed by atoms with Crippen LogP contribution in [0.3, 0.4) is 0 Å². The van der Waals surface area contributed by atoms with E-state index in [1.165, 1.54) is 6.92 Å². The summed E-state index contributed by atoms with van der Waals surface area (Å²) in [6.45, 7) is 9.12. The predicted molar refractivity (Wildman–Crippen MR) is 87.6 cm³/mol. The smallest absolute Gasteiger partial charge is 0.308 e. The van der Waals surface area contributed by atoms with E-state index in [4.69, 9.17) is 4.74 Å². The van der Waals surface area contributed by atoms with E-state index < -0.39 is 0 Å². The first-order valence-electron chi connectivity index (χ1n) is 7.35. The highest BCUT2D eigenvalue weighted by Crippen LogP contribution is 2.28. The van der Waals surface area contributed by atoms with Crippen molar-refractivity contribution in [3.8, 4) is 11.5 Å². The van der Waals surface area contributed by atoms with E-state index in [-0.39, 0.29) is 5.97 Å². The number of aromatic hydroxyl groups is 1. The van der Waals surface area contributed by atoms with Crippen LogP contribution in [0.2, 0.25) is 0 Å². The highest BCUT2D eigenvalue weighted by atomic mass is 16.5. The second-order valence-corrected chi connectivity index (χ2v) is 5.91. The average molecular weight is 298 g/mol. The summed E-state index contributed by atoms with van der Waals surface area (Å²) in [5, 5.41) is 9.86. The van der Waals surface area contributed by atoms with E-state index in [9.17, 15) is 9.90 Å². The molecule has 0 saturated carbocycles. The Kier molecular flexibility index (Phi) is 4.55. The van der Waals surface area contributed by atoms with Crippen molar-refractivity contribution in [1.29, 1.82) is 0 Å². The Labute approximate surface area is 131 Å². The molecule has 0 aromatic heterocycles. The van der Waals surface area contributed by atoms with Gasteiger partial charge < -0.3 is 9.84 Å². The van der Waals surface area contributed by atoms with Crippen LogP contribution >= 0.6 is 0 Å². The number of carbonyl (C=O) groups excluding carboxylic acids is 1. The van der Waals surface area contributed by atoms with Gasteiger partial charge in [-0.15, -0.1) is 0 Å². The third-order valence-corrected chi connectivity index (χ3v) is 3.73. The van der Waals surface area contributed by atoms with Crippen LogP contribution in [-0.2, 0) is 11.2 Å². The van der Waals surface area contributed by atoms with E-state index in [2.05, 4.69) is 0 Å². The van der Waals surface area contributed by atoms with Crippen molar-refractivity contribution in [2.24, 2.45) is 0 Å². The van der Waals surface area contributed by atoms with Gasteiger partial charge in [-0.3, -0.25) is 4.79 Å². The van der Waals surface area contributed by atoms with E-state index in [0.717, 1.165) is 39.8 Å². The van der Waals surface area contributed by atoms with Crippen molar-refractivity contribution in [1.82, 2.24) is 0 Å². The number of carbonyl (C=O) groups is 1. The molecule has 22 heavy (non-hydrogen) atoms. The van der Waals surface area contributed by atoms with Gasteiger partial charge in [-0.25, -0.2) is 0 Å². The molecule has 2 aromatic carbocycles. The Morgan fingerprint density at radius 1 is 0.909 bits per heavy atom. The van der Waals surface area contributed by atoms with Crippen molar-refractivity contribution in [3.05, 3.63) is 57.6 Å². The molecule has 1 N–H and O–H groups in total. The molecule has 0 heterocycles. The maximum Gasteiger partial charge on any atom is 0.308 e. The quantitative estimate of drug-likeness (QED) is 0.684. The number of hydrogen-bond acceptors (Lipinski definition) is 3. The van der Waals surface area contributed by atoms with Crippen molar-refractivity contribution in [3.63, 3.8) is 0 Å². The number of esters is 1. The monoisotopic (exact) mass is 298 g/mol. The standard InChI is InChI=1S/C19H22O3/c1-11-6-16(7-12(2)18(11)21)10-17-8-13(3)19(14(4)9-17)22-15(5)20/h6-9,21H,10H2,1-5H3. The highest BCUT2D eigenvalue weighted by Gasteiger charge is 2.10. The molecule has 116 valence electrons. The SMILES string of the molecule is CC(=O)Oc1c(C)cc(Cc2cc(C)c(O)c(C)c2)cc1C. The average Bonchev–Trinajstić information content (AvgIpc) is 2.40. The van der Waals surface area contributed by atoms with Crippen molar-refractivity contribution >= 4 is 5.97 Å². The van der Waals surface area contributed by atoms with Crippen LogP contribution in [-0.4, -0.2) is 11.1 Å². The predicted octanol–water partition coefficient (Wildman–Crippen LogP) is 4.14. The zero-order valence-corrected chi connectivity index (χ0v) is 13.8. The van der Waals surface area contributed by atoms with E-state index in [0.29, 0.717) is 11.5 Å². The van der Waals surface area contributed by atoms with Gasteiger partial charge >= 0.3 is 5.97 Å². The second-order valence-electron chi connectivity index (χ2n) is 5.91. The van der Waals surface area contributed by atoms with E-state index in [1.54, 1.807) is 0 Å². The minimum Gasteiger partial charge on any atom is -0.507 e. The van der Waals surface area contributed by atoms with Gasteiger partial charge in [0.25, 0.3) is 0 Å². The number of phenolic OH excluding ortho intramolecular Hbond substituents is 1. The van der Waals surface area contributed by atoms with Crippen LogP contribution in [0.5, 0.6) is 11.5 Å². The molecule has 0 aliphatic heterocycles. The first-order valence-corrected chi connectivity index (χ1v) is 7.35. The molecule has 0 bridgehead atoms. The molecule has 0 atom stereocenters. The molecule has 0 radical (unpaired) electrons. The molecular formula is C19H22O3. The Bertz CT molecular complexity index is 683. The van der Waals surface area contributed by atoms with E-state index in [1.807, 2.05) is 52.0 Å². The normalized spacial score (nSPS) is 10.6. The molecule has 3 nitrogen and oxygen atoms in total. The van der Waals surface area contributed by atoms with Crippen LogP contribution in [0.15, 0.2) is 24.3 Å². The lowest BCUT2D eigenvalue weighted by Crippen LogP contribution is -2.05. The van der Waals surface area contributed by atoms with Crippen LogP contribution in [0.25, 0.3) is 0 Å². The zero-order valence-electron chi connectivity index (χ0n) is 13.8. The second kappa shape index (κ2) is 6.22. The maximum absolute atomic E-state index is 11.2. The molecule has 0 fully saturated rings. The fourth-order valence-electron chi connectivity index (χ4n) is 2.83. The van der Waals surface area contributed by atoms with Crippen molar-refractivity contribution < 1.29 is 14.6 Å². The number of ether oxygens (including phenoxy) is 1. The van der Waals surface area contributed by atoms with Gasteiger partial charge in [-0.2, -0.15) is 0 Å². The minimum absolute atomic E-state index is 0.302. The molecule has 0 unspecified atom stereocenters. The summed E-state index contributed by atoms with van der Waals surface area (Å²) in [6, 6.07) is 8.10. The molecule has 2 rings (SSSR count). The lowest BCUT2D eigenvalue weighted by molar-refractivity contribution is -0.131. The number of phenols is 1. The van der Waals surface area contributed by atoms with Gasteiger partial charge in [0.2, 0.25) is 0 Å². The maximum atomic E-state index is 11.2. The first-order chi connectivity index (χ1) is 10.3. The summed E-state index contributed by atoms with van der Waals surface area (Å²) in [5.74, 6) is 0.708. The lowest BCUT2D eigenvalue weighted by Gasteiger charge is -2.13. The van der Waals surface area contributed by atoms with E-state index >= 15 is 0 Å². The van der Waals surface area contributed by atoms with Crippen LogP contribution in [0, 0.1) is 27.7 Å². The molecule has 0 aliphatic rings. The zero-order chi connectivity index (χ0) is 16.4. The van der Waals surface area contributed by atoms with Crippen molar-refractivity contribution in [2.45, 2.75) is 41.0 Å². The summed E-state index contributed by atoms with van der Waals surface area (Å²) in [5.41, 5.74) is 6.01. The summed E-state index contributed by atoms with van der Waals surface area (Å²) in [4.78, 5) is 11.2. The Morgan fingerprint density at radius 2 is 1.32 bits per heavy atom. The molecule has 0 saturated heterocycles. The van der Waals surface area contributed by atoms with Gasteiger partial charge in [0.15, 0.2) is 0 Å². The Hall–Kier alpha value is -2.29. The first kappa shape index (κ1) is 16.1. The Balaban J connectivity index is 2.33. The Morgan fingerprint density at radius 3 is 1.73 bits per heavy atom. The molecule has 3 heteroatoms. The van der Waals surface area contributed by atoms with Gasteiger partial charge in [0.1, 0.15) is 11.5 Å². The fourth-order valence-corrected chi connectivity index (χ4v) is 2.83. The molecular weight excluding hydrogens is 276 g/mol. The lowest BCUT2D eigenvalue weighted by atomic mass is 9.97. The summed E-state index contributed by atoms with van der Waals surface area (Å²) in [7, 11) is 0. The van der Waals surface area contributed by atoms with Gasteiger partial charge in [0, 0.05) is 6.92 Å². The summed E-state index contributed by atoms with van der Waals surface area (Å²) < 4.78 is 5.26. The summed E-state index contributed by atoms with van der Waals surface area (Å²) in [6.07, 6.45) is 0.782. The minimum atomic E-state index is -0.302. The number of rotatable bonds is 3. The summed E-state index contributed by atoms with van der Waals surface area (Å²) >= 11 is 0. The van der Waals surface area contributed by atoms with Crippen LogP contribution < -0.4 is 4.74 Å². The number of benzene rings is 2. The third kappa shape index (κ3) is 3.48. The molecule has 0 spiro atoms. The topological polar surface area (TPSA) is 46.5 Å². The highest BCUT2D eigenvalue weighted by molar-refractivity contribution is 5.70. The largest absolute Gasteiger partial charge is 0.507 e. The molecule has 0 aliphatic carbocycles. The van der Waals surface area contributed by atoms with Crippen LogP contribution in [0.4, 0.5) is 0 Å².